The summed E-state index contributed by atoms with van der Waals surface area (Å²) in [5, 5.41) is 15.9. The van der Waals surface area contributed by atoms with Gasteiger partial charge in [0.15, 0.2) is 17.3 Å². The summed E-state index contributed by atoms with van der Waals surface area (Å²) in [6, 6.07) is 13.7. The fourth-order valence-corrected chi connectivity index (χ4v) is 5.61. The summed E-state index contributed by atoms with van der Waals surface area (Å²) in [4.78, 5) is 75.6. The largest absolute Gasteiger partial charge is 0.325 e. The smallest absolute Gasteiger partial charge is 0.264 e. The van der Waals surface area contributed by atoms with Crippen LogP contribution in [-0.4, -0.2) is 59.8 Å². The van der Waals surface area contributed by atoms with Crippen LogP contribution in [0.1, 0.15) is 89.0 Å². The van der Waals surface area contributed by atoms with E-state index in [1.165, 1.54) is 49.4 Å². The van der Waals surface area contributed by atoms with E-state index in [4.69, 9.17) is 4.55 Å². The fourth-order valence-electron chi connectivity index (χ4n) is 5.05. The first-order valence-corrected chi connectivity index (χ1v) is 17.6. The molecule has 0 saturated heterocycles. The lowest BCUT2D eigenvalue weighted by molar-refractivity contribution is -0.126. The van der Waals surface area contributed by atoms with Crippen LogP contribution in [0.15, 0.2) is 70.9 Å². The van der Waals surface area contributed by atoms with Crippen LogP contribution in [0.5, 0.6) is 0 Å². The third kappa shape index (κ3) is 10.8. The summed E-state index contributed by atoms with van der Waals surface area (Å²) >= 11 is 0. The van der Waals surface area contributed by atoms with Gasteiger partial charge in [0, 0.05) is 46.6 Å². The number of carbonyl (C=O) groups is 6. The van der Waals surface area contributed by atoms with Crippen molar-refractivity contribution >= 4 is 67.9 Å². The molecule has 1 aliphatic heterocycles. The van der Waals surface area contributed by atoms with Crippen LogP contribution in [0.4, 0.5) is 22.7 Å². The van der Waals surface area contributed by atoms with Gasteiger partial charge < -0.3 is 16.0 Å². The Labute approximate surface area is 288 Å². The molecule has 0 saturated carbocycles. The van der Waals surface area contributed by atoms with Gasteiger partial charge in [0.2, 0.25) is 11.9 Å². The zero-order chi connectivity index (χ0) is 36.4. The van der Waals surface area contributed by atoms with Crippen molar-refractivity contribution in [1.29, 1.82) is 0 Å². The number of hydrogen-bond acceptors (Lipinski definition) is 10. The molecule has 3 aromatic rings. The molecule has 0 spiro atoms. The van der Waals surface area contributed by atoms with E-state index in [-0.39, 0.29) is 77.6 Å². The second kappa shape index (κ2) is 16.8. The summed E-state index contributed by atoms with van der Waals surface area (Å²) in [7, 11) is -4.14. The number of amides is 3. The Balaban J connectivity index is 1.43. The van der Waals surface area contributed by atoms with Crippen molar-refractivity contribution in [2.45, 2.75) is 64.8 Å². The molecule has 0 aliphatic carbocycles. The van der Waals surface area contributed by atoms with Gasteiger partial charge in [0.05, 0.1) is 17.9 Å². The van der Waals surface area contributed by atoms with E-state index in [0.717, 1.165) is 12.0 Å². The molecule has 262 valence electrons. The quantitative estimate of drug-likeness (QED) is 0.0443. The molecule has 15 heteroatoms. The summed E-state index contributed by atoms with van der Waals surface area (Å²) in [5.74, 6) is -2.99. The summed E-state index contributed by atoms with van der Waals surface area (Å²) in [6.07, 6.45) is 2.19. The normalized spacial score (nSPS) is 13.0. The lowest BCUT2D eigenvalue weighted by Gasteiger charge is -2.11. The Kier molecular flexibility index (Phi) is 12.6. The number of rotatable bonds is 17. The van der Waals surface area contributed by atoms with Gasteiger partial charge in [-0.05, 0) is 86.3 Å². The van der Waals surface area contributed by atoms with Gasteiger partial charge in [-0.2, -0.15) is 18.6 Å². The van der Waals surface area contributed by atoms with Crippen molar-refractivity contribution in [2.24, 2.45) is 10.2 Å². The highest BCUT2D eigenvalue weighted by molar-refractivity contribution is 7.85. The van der Waals surface area contributed by atoms with E-state index in [1.54, 1.807) is 18.2 Å². The average molecular weight is 704 g/mol. The maximum atomic E-state index is 13.1. The van der Waals surface area contributed by atoms with Crippen LogP contribution in [0.25, 0.3) is 0 Å². The zero-order valence-electron chi connectivity index (χ0n) is 27.5. The van der Waals surface area contributed by atoms with Crippen LogP contribution in [0.2, 0.25) is 0 Å². The minimum absolute atomic E-state index is 0.0225. The van der Waals surface area contributed by atoms with Crippen molar-refractivity contribution in [2.75, 3.05) is 21.7 Å². The number of anilines is 3. The molecule has 0 fully saturated rings. The zero-order valence-corrected chi connectivity index (χ0v) is 28.3. The SMILES string of the molecule is CCCCC(=O)c1cc(NC(=O)c2ccc(N=NC(C(C)=O)C(=O)Nc3ccc4c(c3)NC(=O)C4)cc2)cc(C(=O)CCCCS(=O)(=O)O)c1. The summed E-state index contributed by atoms with van der Waals surface area (Å²) in [5.41, 5.74) is 2.84. The Morgan fingerprint density at radius 1 is 0.840 bits per heavy atom. The molecule has 50 heavy (non-hydrogen) atoms. The molecule has 0 bridgehead atoms. The van der Waals surface area contributed by atoms with Gasteiger partial charge >= 0.3 is 0 Å². The van der Waals surface area contributed by atoms with Gasteiger partial charge in [-0.25, -0.2) is 0 Å². The highest BCUT2D eigenvalue weighted by Crippen LogP contribution is 2.27. The average Bonchev–Trinajstić information content (AvgIpc) is 3.44. The second-order valence-corrected chi connectivity index (χ2v) is 13.4. The lowest BCUT2D eigenvalue weighted by Crippen LogP contribution is -2.31. The van der Waals surface area contributed by atoms with Crippen LogP contribution in [0.3, 0.4) is 0 Å². The standard InChI is InChI=1S/C35H37N5O9S/c1-3-4-7-30(42)24-16-25(31(43)8-5-6-15-50(47,48)49)18-28(17-24)37-34(45)22-9-12-26(13-10-22)39-40-33(21(2)41)35(46)36-27-14-11-23-19-32(44)38-29(23)20-27/h9-14,16-18,20,33H,3-8,15,19H2,1-2H3,(H,36,46)(H,37,45)(H,38,44)(H,47,48,49). The van der Waals surface area contributed by atoms with Crippen molar-refractivity contribution < 1.29 is 41.7 Å². The van der Waals surface area contributed by atoms with E-state index in [0.29, 0.717) is 17.8 Å². The minimum Gasteiger partial charge on any atom is -0.325 e. The van der Waals surface area contributed by atoms with Crippen LogP contribution < -0.4 is 16.0 Å². The molecule has 1 unspecified atom stereocenters. The number of Topliss-reactive ketones (excluding diaryl/α,β-unsaturated/α-hetero) is 3. The predicted molar refractivity (Wildman–Crippen MR) is 186 cm³/mol. The molecule has 3 amide bonds. The molecular weight excluding hydrogens is 666 g/mol. The lowest BCUT2D eigenvalue weighted by atomic mass is 9.98. The number of nitrogens with one attached hydrogen (secondary N) is 3. The second-order valence-electron chi connectivity index (χ2n) is 11.8. The van der Waals surface area contributed by atoms with Crippen molar-refractivity contribution in [1.82, 2.24) is 0 Å². The van der Waals surface area contributed by atoms with Crippen molar-refractivity contribution in [3.8, 4) is 0 Å². The van der Waals surface area contributed by atoms with Gasteiger partial charge in [0.25, 0.3) is 21.9 Å². The number of nitrogens with zero attached hydrogens (tertiary/aromatic N) is 2. The molecule has 4 N–H and O–H groups in total. The first kappa shape index (κ1) is 37.4. The highest BCUT2D eigenvalue weighted by atomic mass is 32.2. The number of carbonyl (C=O) groups excluding carboxylic acids is 6. The number of unbranched alkanes of at least 4 members (excludes halogenated alkanes) is 2. The third-order valence-electron chi connectivity index (χ3n) is 7.70. The van der Waals surface area contributed by atoms with E-state index in [2.05, 4.69) is 26.2 Å². The van der Waals surface area contributed by atoms with E-state index in [9.17, 15) is 37.2 Å². The van der Waals surface area contributed by atoms with Crippen LogP contribution >= 0.6 is 0 Å². The predicted octanol–water partition coefficient (Wildman–Crippen LogP) is 5.73. The van der Waals surface area contributed by atoms with Crippen LogP contribution in [-0.2, 0) is 30.9 Å². The Morgan fingerprint density at radius 2 is 1.50 bits per heavy atom. The first-order valence-electron chi connectivity index (χ1n) is 16.0. The molecule has 1 heterocycles. The Bertz CT molecular complexity index is 1960. The summed E-state index contributed by atoms with van der Waals surface area (Å²) in [6.45, 7) is 3.14. The molecule has 0 aromatic heterocycles. The molecule has 1 atom stereocenters. The number of hydrogen-bond donors (Lipinski definition) is 4. The van der Waals surface area contributed by atoms with Crippen LogP contribution in [0, 0.1) is 0 Å². The van der Waals surface area contributed by atoms with E-state index < -0.39 is 39.5 Å². The van der Waals surface area contributed by atoms with Gasteiger partial charge in [-0.3, -0.25) is 33.3 Å². The van der Waals surface area contributed by atoms with Gasteiger partial charge in [0.1, 0.15) is 0 Å². The third-order valence-corrected chi connectivity index (χ3v) is 8.51. The van der Waals surface area contributed by atoms with Gasteiger partial charge in [-0.1, -0.05) is 19.4 Å². The maximum Gasteiger partial charge on any atom is 0.264 e. The summed E-state index contributed by atoms with van der Waals surface area (Å²) < 4.78 is 30.9. The monoisotopic (exact) mass is 703 g/mol. The first-order chi connectivity index (χ1) is 23.7. The van der Waals surface area contributed by atoms with Crippen molar-refractivity contribution in [3.63, 3.8) is 0 Å². The molecule has 0 radical (unpaired) electrons. The Hall–Kier alpha value is -5.41. The molecule has 14 nitrogen and oxygen atoms in total. The number of fused-ring (bicyclic) bond motifs is 1. The number of azo groups is 1. The topological polar surface area (TPSA) is 218 Å². The molecular formula is C35H37N5O9S. The molecule has 1 aliphatic rings. The van der Waals surface area contributed by atoms with Crippen molar-refractivity contribution in [3.05, 3.63) is 82.9 Å². The van der Waals surface area contributed by atoms with E-state index >= 15 is 0 Å². The highest BCUT2D eigenvalue weighted by Gasteiger charge is 2.25. The van der Waals surface area contributed by atoms with E-state index in [1.807, 2.05) is 6.92 Å². The Morgan fingerprint density at radius 3 is 2.12 bits per heavy atom. The van der Waals surface area contributed by atoms with Gasteiger partial charge in [-0.15, -0.1) is 0 Å². The number of ketones is 3. The number of benzene rings is 3. The molecule has 4 rings (SSSR count). The molecule has 3 aromatic carbocycles. The maximum absolute atomic E-state index is 13.1. The minimum atomic E-state index is -4.14. The fraction of sp³-hybridized carbons (Fsp3) is 0.314.